The van der Waals surface area contributed by atoms with Gasteiger partial charge in [0.1, 0.15) is 0 Å². The molecule has 0 heterocycles. The Hall–Kier alpha value is -0.120. The fourth-order valence-electron chi connectivity index (χ4n) is 2.08. The van der Waals surface area contributed by atoms with Crippen LogP contribution in [0.3, 0.4) is 0 Å². The topological polar surface area (TPSA) is 52.5 Å². The van der Waals surface area contributed by atoms with Gasteiger partial charge in [0.05, 0.1) is 5.60 Å². The van der Waals surface area contributed by atoms with E-state index in [1.54, 1.807) is 13.8 Å². The van der Waals surface area contributed by atoms with Crippen LogP contribution >= 0.6 is 0 Å². The number of aliphatic hydroxyl groups excluding tert-OH is 1. The highest BCUT2D eigenvalue weighted by molar-refractivity contribution is 4.82. The minimum absolute atomic E-state index is 0.267. The highest BCUT2D eigenvalue weighted by Gasteiger charge is 2.25. The fraction of sp³-hybridized carbons (Fsp3) is 1.00. The Balaban J connectivity index is 2.33. The van der Waals surface area contributed by atoms with Gasteiger partial charge in [-0.25, -0.2) is 0 Å². The zero-order valence-electron chi connectivity index (χ0n) is 9.29. The normalized spacial score (nSPS) is 29.1. The molecule has 0 spiro atoms. The van der Waals surface area contributed by atoms with Gasteiger partial charge in [0.15, 0.2) is 0 Å². The van der Waals surface area contributed by atoms with Gasteiger partial charge in [0.2, 0.25) is 0 Å². The molecule has 0 aromatic carbocycles. The van der Waals surface area contributed by atoms with Crippen molar-refractivity contribution in [2.24, 2.45) is 5.92 Å². The predicted molar refractivity (Wildman–Crippen MR) is 57.1 cm³/mol. The van der Waals surface area contributed by atoms with Gasteiger partial charge in [0.25, 0.3) is 0 Å². The monoisotopic (exact) mass is 201 g/mol. The smallest absolute Gasteiger partial charge is 0.0715 e. The van der Waals surface area contributed by atoms with Crippen molar-refractivity contribution in [1.82, 2.24) is 5.32 Å². The van der Waals surface area contributed by atoms with E-state index in [0.29, 0.717) is 18.5 Å². The summed E-state index contributed by atoms with van der Waals surface area (Å²) in [6.45, 7) is 4.48. The summed E-state index contributed by atoms with van der Waals surface area (Å²) in [5.74, 6) is 0.381. The maximum absolute atomic E-state index is 9.58. The Kier molecular flexibility index (Phi) is 4.35. The molecule has 0 bridgehead atoms. The second kappa shape index (κ2) is 5.10. The maximum atomic E-state index is 9.58. The van der Waals surface area contributed by atoms with Gasteiger partial charge in [-0.05, 0) is 32.6 Å². The summed E-state index contributed by atoms with van der Waals surface area (Å²) < 4.78 is 0. The molecule has 0 aromatic rings. The number of rotatable bonds is 4. The van der Waals surface area contributed by atoms with Crippen LogP contribution in [0, 0.1) is 5.92 Å². The Labute approximate surface area is 86.5 Å². The van der Waals surface area contributed by atoms with Crippen molar-refractivity contribution >= 4 is 0 Å². The van der Waals surface area contributed by atoms with E-state index in [2.05, 4.69) is 5.32 Å². The standard InChI is InChI=1S/C11H23NO2/c1-11(2,14)8-12-10-6-4-3-5-9(10)7-13/h9-10,12-14H,3-8H2,1-2H3. The SMILES string of the molecule is CC(C)(O)CNC1CCCCC1CO. The summed E-state index contributed by atoms with van der Waals surface area (Å²) >= 11 is 0. The molecule has 2 atom stereocenters. The highest BCUT2D eigenvalue weighted by Crippen LogP contribution is 2.24. The van der Waals surface area contributed by atoms with Crippen molar-refractivity contribution in [3.05, 3.63) is 0 Å². The molecule has 0 aromatic heterocycles. The van der Waals surface area contributed by atoms with Crippen molar-refractivity contribution in [2.75, 3.05) is 13.2 Å². The van der Waals surface area contributed by atoms with Gasteiger partial charge >= 0.3 is 0 Å². The van der Waals surface area contributed by atoms with E-state index in [1.165, 1.54) is 12.8 Å². The largest absolute Gasteiger partial charge is 0.396 e. The van der Waals surface area contributed by atoms with Crippen LogP contribution in [0.5, 0.6) is 0 Å². The van der Waals surface area contributed by atoms with Crippen LogP contribution in [0.1, 0.15) is 39.5 Å². The average molecular weight is 201 g/mol. The molecule has 1 aliphatic rings. The van der Waals surface area contributed by atoms with Gasteiger partial charge in [-0.15, -0.1) is 0 Å². The third kappa shape index (κ3) is 3.95. The lowest BCUT2D eigenvalue weighted by atomic mass is 9.85. The summed E-state index contributed by atoms with van der Waals surface area (Å²) in [6.07, 6.45) is 4.70. The summed E-state index contributed by atoms with van der Waals surface area (Å²) in [6, 6.07) is 0.389. The number of hydrogen-bond acceptors (Lipinski definition) is 3. The quantitative estimate of drug-likeness (QED) is 0.633. The van der Waals surface area contributed by atoms with Crippen molar-refractivity contribution in [1.29, 1.82) is 0 Å². The molecule has 84 valence electrons. The Morgan fingerprint density at radius 2 is 1.93 bits per heavy atom. The lowest BCUT2D eigenvalue weighted by molar-refractivity contribution is 0.0652. The molecule has 3 nitrogen and oxygen atoms in total. The van der Waals surface area contributed by atoms with Crippen LogP contribution in [0.25, 0.3) is 0 Å². The summed E-state index contributed by atoms with van der Waals surface area (Å²) in [4.78, 5) is 0. The molecular weight excluding hydrogens is 178 g/mol. The van der Waals surface area contributed by atoms with Crippen molar-refractivity contribution in [3.63, 3.8) is 0 Å². The third-order valence-corrected chi connectivity index (χ3v) is 2.94. The molecule has 0 aliphatic heterocycles. The van der Waals surface area contributed by atoms with Crippen LogP contribution in [0.2, 0.25) is 0 Å². The third-order valence-electron chi connectivity index (χ3n) is 2.94. The predicted octanol–water partition coefficient (Wildman–Crippen LogP) is 0.898. The van der Waals surface area contributed by atoms with E-state index in [4.69, 9.17) is 0 Å². The zero-order chi connectivity index (χ0) is 10.6. The summed E-state index contributed by atoms with van der Waals surface area (Å²) in [7, 11) is 0. The second-order valence-corrected chi connectivity index (χ2v) is 5.03. The second-order valence-electron chi connectivity index (χ2n) is 5.03. The van der Waals surface area contributed by atoms with E-state index in [9.17, 15) is 10.2 Å². The molecule has 0 amide bonds. The van der Waals surface area contributed by atoms with E-state index in [1.807, 2.05) is 0 Å². The van der Waals surface area contributed by atoms with Crippen molar-refractivity contribution < 1.29 is 10.2 Å². The molecule has 0 saturated heterocycles. The number of nitrogens with one attached hydrogen (secondary N) is 1. The van der Waals surface area contributed by atoms with Gasteiger partial charge in [0, 0.05) is 19.2 Å². The molecule has 14 heavy (non-hydrogen) atoms. The molecule has 2 unspecified atom stereocenters. The number of hydrogen-bond donors (Lipinski definition) is 3. The first-order valence-electron chi connectivity index (χ1n) is 5.59. The van der Waals surface area contributed by atoms with E-state index in [0.717, 1.165) is 12.8 Å². The lowest BCUT2D eigenvalue weighted by Crippen LogP contribution is -2.46. The molecule has 0 radical (unpaired) electrons. The van der Waals surface area contributed by atoms with Gasteiger partial charge in [-0.2, -0.15) is 0 Å². The van der Waals surface area contributed by atoms with Gasteiger partial charge < -0.3 is 15.5 Å². The minimum Gasteiger partial charge on any atom is -0.396 e. The molecule has 1 aliphatic carbocycles. The van der Waals surface area contributed by atoms with Gasteiger partial charge in [-0.1, -0.05) is 12.8 Å². The summed E-state index contributed by atoms with van der Waals surface area (Å²) in [5.41, 5.74) is -0.655. The maximum Gasteiger partial charge on any atom is 0.0715 e. The van der Waals surface area contributed by atoms with E-state index in [-0.39, 0.29) is 6.61 Å². The molecule has 3 N–H and O–H groups in total. The first-order valence-corrected chi connectivity index (χ1v) is 5.59. The Morgan fingerprint density at radius 1 is 1.29 bits per heavy atom. The van der Waals surface area contributed by atoms with Crippen molar-refractivity contribution in [2.45, 2.75) is 51.2 Å². The van der Waals surface area contributed by atoms with Crippen LogP contribution in [-0.4, -0.2) is 35.0 Å². The van der Waals surface area contributed by atoms with Crippen LogP contribution in [-0.2, 0) is 0 Å². The van der Waals surface area contributed by atoms with Crippen LogP contribution in [0.15, 0.2) is 0 Å². The van der Waals surface area contributed by atoms with Gasteiger partial charge in [-0.3, -0.25) is 0 Å². The van der Waals surface area contributed by atoms with Crippen LogP contribution in [0.4, 0.5) is 0 Å². The highest BCUT2D eigenvalue weighted by atomic mass is 16.3. The van der Waals surface area contributed by atoms with Crippen LogP contribution < -0.4 is 5.32 Å². The number of aliphatic hydroxyl groups is 2. The zero-order valence-corrected chi connectivity index (χ0v) is 9.29. The molecule has 1 saturated carbocycles. The molecule has 3 heteroatoms. The molecule has 1 rings (SSSR count). The molecular formula is C11H23NO2. The minimum atomic E-state index is -0.655. The van der Waals surface area contributed by atoms with E-state index >= 15 is 0 Å². The summed E-state index contributed by atoms with van der Waals surface area (Å²) in [5, 5.41) is 22.1. The molecule has 1 fully saturated rings. The lowest BCUT2D eigenvalue weighted by Gasteiger charge is -2.33. The van der Waals surface area contributed by atoms with Crippen molar-refractivity contribution in [3.8, 4) is 0 Å². The average Bonchev–Trinajstić information content (AvgIpc) is 2.14. The first-order chi connectivity index (χ1) is 6.53. The van der Waals surface area contributed by atoms with E-state index < -0.39 is 5.60 Å². The first kappa shape index (κ1) is 12.0. The Morgan fingerprint density at radius 3 is 2.50 bits per heavy atom. The Bertz CT molecular complexity index is 165. The fourth-order valence-corrected chi connectivity index (χ4v) is 2.08.